The van der Waals surface area contributed by atoms with Crippen LogP contribution in [0.15, 0.2) is 65.5 Å². The highest BCUT2D eigenvalue weighted by molar-refractivity contribution is 9.10. The van der Waals surface area contributed by atoms with Crippen molar-refractivity contribution in [2.45, 2.75) is 25.3 Å². The van der Waals surface area contributed by atoms with Gasteiger partial charge in [0.15, 0.2) is 5.65 Å². The summed E-state index contributed by atoms with van der Waals surface area (Å²) >= 11 is 3.57. The number of pyridine rings is 1. The summed E-state index contributed by atoms with van der Waals surface area (Å²) in [5, 5.41) is 7.94. The molecule has 3 aromatic heterocycles. The van der Waals surface area contributed by atoms with E-state index in [2.05, 4.69) is 37.4 Å². The molecule has 34 heavy (non-hydrogen) atoms. The van der Waals surface area contributed by atoms with Crippen LogP contribution < -0.4 is 10.1 Å². The van der Waals surface area contributed by atoms with E-state index in [1.807, 2.05) is 52.0 Å². The molecule has 5 rings (SSSR count). The predicted molar refractivity (Wildman–Crippen MR) is 133 cm³/mol. The van der Waals surface area contributed by atoms with Crippen LogP contribution in [-0.2, 0) is 6.54 Å². The van der Waals surface area contributed by atoms with Gasteiger partial charge in [-0.3, -0.25) is 9.78 Å². The first kappa shape index (κ1) is 22.3. The van der Waals surface area contributed by atoms with E-state index in [9.17, 15) is 4.79 Å². The van der Waals surface area contributed by atoms with Crippen molar-refractivity contribution in [2.75, 3.05) is 25.5 Å². The van der Waals surface area contributed by atoms with E-state index in [1.165, 1.54) is 0 Å². The Morgan fingerprint density at radius 3 is 2.68 bits per heavy atom. The molecule has 1 saturated heterocycles. The Bertz CT molecular complexity index is 1280. The van der Waals surface area contributed by atoms with Gasteiger partial charge in [0.2, 0.25) is 0 Å². The molecule has 0 saturated carbocycles. The van der Waals surface area contributed by atoms with Crippen molar-refractivity contribution in [1.82, 2.24) is 24.5 Å². The first-order chi connectivity index (χ1) is 16.6. The van der Waals surface area contributed by atoms with E-state index in [0.29, 0.717) is 25.2 Å². The lowest BCUT2D eigenvalue weighted by atomic mass is 9.92. The van der Waals surface area contributed by atoms with Crippen molar-refractivity contribution < 1.29 is 9.53 Å². The predicted octanol–water partition coefficient (Wildman–Crippen LogP) is 4.53. The van der Waals surface area contributed by atoms with Crippen molar-refractivity contribution in [1.29, 1.82) is 0 Å². The zero-order valence-electron chi connectivity index (χ0n) is 18.8. The summed E-state index contributed by atoms with van der Waals surface area (Å²) in [6.45, 7) is 2.03. The summed E-state index contributed by atoms with van der Waals surface area (Å²) in [7, 11) is 1.62. The summed E-state index contributed by atoms with van der Waals surface area (Å²) in [5.41, 5.74) is 3.57. The van der Waals surface area contributed by atoms with Crippen LogP contribution in [0.5, 0.6) is 5.75 Å². The largest absolute Gasteiger partial charge is 0.497 e. The molecule has 174 valence electrons. The third-order valence-electron chi connectivity index (χ3n) is 6.18. The molecule has 9 heteroatoms. The second-order valence-electron chi connectivity index (χ2n) is 8.30. The molecular weight excluding hydrogens is 496 g/mol. The van der Waals surface area contributed by atoms with E-state index in [1.54, 1.807) is 19.5 Å². The topological polar surface area (TPSA) is 84.7 Å². The van der Waals surface area contributed by atoms with Gasteiger partial charge in [-0.15, -0.1) is 0 Å². The molecule has 1 fully saturated rings. The van der Waals surface area contributed by atoms with Gasteiger partial charge in [0, 0.05) is 55.3 Å². The maximum Gasteiger partial charge on any atom is 0.253 e. The number of fused-ring (bicyclic) bond motifs is 1. The number of amides is 1. The normalized spacial score (nSPS) is 14.4. The van der Waals surface area contributed by atoms with Gasteiger partial charge < -0.3 is 15.0 Å². The van der Waals surface area contributed by atoms with Gasteiger partial charge in [0.05, 0.1) is 17.8 Å². The Labute approximate surface area is 206 Å². The minimum atomic E-state index is 0.0573. The average Bonchev–Trinajstić information content (AvgIpc) is 3.28. The molecular formula is C25H25BrN6O2. The number of aromatic nitrogens is 4. The summed E-state index contributed by atoms with van der Waals surface area (Å²) in [6, 6.07) is 13.3. The SMILES string of the molecule is COc1ccc(C(=O)N2CCC(c3cc(NCc4cccnc4)n4ncc(Br)c4n3)CC2)cc1. The molecule has 4 heterocycles. The quantitative estimate of drug-likeness (QED) is 0.402. The summed E-state index contributed by atoms with van der Waals surface area (Å²) in [5.74, 6) is 1.95. The number of halogens is 1. The van der Waals surface area contributed by atoms with E-state index < -0.39 is 0 Å². The number of piperidine rings is 1. The highest BCUT2D eigenvalue weighted by Crippen LogP contribution is 2.31. The van der Waals surface area contributed by atoms with Gasteiger partial charge in [-0.2, -0.15) is 9.61 Å². The van der Waals surface area contributed by atoms with Gasteiger partial charge in [-0.1, -0.05) is 6.07 Å². The van der Waals surface area contributed by atoms with Crippen molar-refractivity contribution in [2.24, 2.45) is 0 Å². The second-order valence-corrected chi connectivity index (χ2v) is 9.16. The number of benzene rings is 1. The number of likely N-dealkylation sites (tertiary alicyclic amines) is 1. The van der Waals surface area contributed by atoms with Gasteiger partial charge in [0.25, 0.3) is 5.91 Å². The fourth-order valence-electron chi connectivity index (χ4n) is 4.28. The molecule has 0 bridgehead atoms. The molecule has 8 nitrogen and oxygen atoms in total. The fourth-order valence-corrected chi connectivity index (χ4v) is 4.63. The van der Waals surface area contributed by atoms with Crippen molar-refractivity contribution in [3.8, 4) is 5.75 Å². The van der Waals surface area contributed by atoms with Gasteiger partial charge in [-0.25, -0.2) is 4.98 Å². The Morgan fingerprint density at radius 2 is 1.97 bits per heavy atom. The Kier molecular flexibility index (Phi) is 6.44. The maximum absolute atomic E-state index is 12.9. The number of nitrogens with one attached hydrogen (secondary N) is 1. The highest BCUT2D eigenvalue weighted by atomic mass is 79.9. The zero-order chi connectivity index (χ0) is 23.5. The molecule has 0 spiro atoms. The minimum Gasteiger partial charge on any atom is -0.497 e. The van der Waals surface area contributed by atoms with Crippen LogP contribution in [0.2, 0.25) is 0 Å². The molecule has 1 aromatic carbocycles. The van der Waals surface area contributed by atoms with E-state index >= 15 is 0 Å². The summed E-state index contributed by atoms with van der Waals surface area (Å²) < 4.78 is 7.86. The molecule has 0 atom stereocenters. The van der Waals surface area contributed by atoms with Gasteiger partial charge in [0.1, 0.15) is 11.6 Å². The van der Waals surface area contributed by atoms with E-state index in [0.717, 1.165) is 45.8 Å². The van der Waals surface area contributed by atoms with Crippen LogP contribution in [0, 0.1) is 0 Å². The molecule has 1 aliphatic heterocycles. The van der Waals surface area contributed by atoms with Crippen LogP contribution in [0.4, 0.5) is 5.82 Å². The first-order valence-electron chi connectivity index (χ1n) is 11.2. The van der Waals surface area contributed by atoms with Crippen LogP contribution >= 0.6 is 15.9 Å². The number of nitrogens with zero attached hydrogens (tertiary/aromatic N) is 5. The molecule has 0 unspecified atom stereocenters. The molecule has 4 aromatic rings. The number of hydrogen-bond donors (Lipinski definition) is 1. The third kappa shape index (κ3) is 4.61. The van der Waals surface area contributed by atoms with Crippen molar-refractivity contribution >= 4 is 33.3 Å². The second kappa shape index (κ2) is 9.80. The smallest absolute Gasteiger partial charge is 0.253 e. The Hall–Kier alpha value is -3.46. The van der Waals surface area contributed by atoms with Crippen LogP contribution in [-0.4, -0.2) is 50.6 Å². The molecule has 1 amide bonds. The Balaban J connectivity index is 1.31. The molecule has 0 radical (unpaired) electrons. The third-order valence-corrected chi connectivity index (χ3v) is 6.74. The first-order valence-corrected chi connectivity index (χ1v) is 12.0. The van der Waals surface area contributed by atoms with Crippen LogP contribution in [0.1, 0.15) is 40.4 Å². The number of carbonyl (C=O) groups is 1. The molecule has 1 N–H and O–H groups in total. The van der Waals surface area contributed by atoms with E-state index in [4.69, 9.17) is 9.72 Å². The minimum absolute atomic E-state index is 0.0573. The van der Waals surface area contributed by atoms with Crippen LogP contribution in [0.3, 0.4) is 0 Å². The lowest BCUT2D eigenvalue weighted by molar-refractivity contribution is 0.0712. The zero-order valence-corrected chi connectivity index (χ0v) is 20.4. The average molecular weight is 521 g/mol. The standard InChI is InChI=1S/C25H25BrN6O2/c1-34-20-6-4-19(5-7-20)25(33)31-11-8-18(9-12-31)22-13-23(28-15-17-3-2-10-27-14-17)32-24(30-22)21(26)16-29-32/h2-7,10,13-14,16,18,28H,8-9,11-12,15H2,1H3. The number of anilines is 1. The summed E-state index contributed by atoms with van der Waals surface area (Å²) in [4.78, 5) is 24.0. The fraction of sp³-hybridized carbons (Fsp3) is 0.280. The maximum atomic E-state index is 12.9. The number of carbonyl (C=O) groups excluding carboxylic acids is 1. The molecule has 0 aliphatic carbocycles. The van der Waals surface area contributed by atoms with Crippen molar-refractivity contribution in [3.63, 3.8) is 0 Å². The van der Waals surface area contributed by atoms with Crippen molar-refractivity contribution in [3.05, 3.63) is 82.3 Å². The number of rotatable bonds is 6. The van der Waals surface area contributed by atoms with Gasteiger partial charge in [-0.05, 0) is 64.7 Å². The highest BCUT2D eigenvalue weighted by Gasteiger charge is 2.26. The number of ether oxygens (including phenoxy) is 1. The number of hydrogen-bond acceptors (Lipinski definition) is 6. The lowest BCUT2D eigenvalue weighted by Gasteiger charge is -2.32. The number of methoxy groups -OCH3 is 1. The van der Waals surface area contributed by atoms with Crippen LogP contribution in [0.25, 0.3) is 5.65 Å². The van der Waals surface area contributed by atoms with Gasteiger partial charge >= 0.3 is 0 Å². The van der Waals surface area contributed by atoms with E-state index in [-0.39, 0.29) is 11.8 Å². The summed E-state index contributed by atoms with van der Waals surface area (Å²) in [6.07, 6.45) is 7.10. The molecule has 1 aliphatic rings. The lowest BCUT2D eigenvalue weighted by Crippen LogP contribution is -2.38. The monoisotopic (exact) mass is 520 g/mol. The Morgan fingerprint density at radius 1 is 1.18 bits per heavy atom.